The number of imide groups is 1. The molecule has 1 aromatic rings. The fraction of sp³-hybridized carbons (Fsp3) is 0.474. The largest absolute Gasteiger partial charge is 0.369 e. The van der Waals surface area contributed by atoms with Gasteiger partial charge in [0, 0.05) is 11.1 Å². The summed E-state index contributed by atoms with van der Waals surface area (Å²) in [7, 11) is 0. The highest BCUT2D eigenvalue weighted by molar-refractivity contribution is 6.14. The molecular formula is C19H22FN4O4+. The predicted molar refractivity (Wildman–Crippen MR) is 94.8 cm³/mol. The van der Waals surface area contributed by atoms with E-state index in [0.717, 1.165) is 4.90 Å². The number of nitrogens with one attached hydrogen (secondary N) is 1. The summed E-state index contributed by atoms with van der Waals surface area (Å²) in [5, 5.41) is 4.26. The molecule has 3 aliphatic heterocycles. The second-order valence-electron chi connectivity index (χ2n) is 8.70. The van der Waals surface area contributed by atoms with E-state index in [1.165, 1.54) is 18.2 Å². The molecule has 2 fully saturated rings. The van der Waals surface area contributed by atoms with E-state index < -0.39 is 58.4 Å². The summed E-state index contributed by atoms with van der Waals surface area (Å²) in [6, 6.07) is 3.18. The minimum Gasteiger partial charge on any atom is -0.369 e. The zero-order valence-electron chi connectivity index (χ0n) is 15.8. The van der Waals surface area contributed by atoms with Crippen LogP contribution in [0.15, 0.2) is 18.2 Å². The van der Waals surface area contributed by atoms with Crippen molar-refractivity contribution in [2.24, 2.45) is 17.6 Å². The number of amides is 4. The van der Waals surface area contributed by atoms with Gasteiger partial charge in [-0.2, -0.15) is 0 Å². The van der Waals surface area contributed by atoms with Crippen molar-refractivity contribution in [3.8, 4) is 0 Å². The molecule has 4 atom stereocenters. The van der Waals surface area contributed by atoms with Gasteiger partial charge in [0.2, 0.25) is 23.3 Å². The van der Waals surface area contributed by atoms with E-state index in [4.69, 9.17) is 5.73 Å². The number of rotatable bonds is 2. The van der Waals surface area contributed by atoms with Gasteiger partial charge in [-0.15, -0.1) is 0 Å². The van der Waals surface area contributed by atoms with Crippen molar-refractivity contribution in [3.05, 3.63) is 29.6 Å². The van der Waals surface area contributed by atoms with Gasteiger partial charge in [-0.25, -0.2) is 4.39 Å². The van der Waals surface area contributed by atoms with Crippen molar-refractivity contribution in [3.63, 3.8) is 0 Å². The first-order valence-electron chi connectivity index (χ1n) is 9.12. The summed E-state index contributed by atoms with van der Waals surface area (Å²) in [5.41, 5.74) is 3.78. The molecule has 1 spiro atoms. The molecule has 0 saturated carbocycles. The fourth-order valence-corrected chi connectivity index (χ4v) is 5.02. The highest BCUT2D eigenvalue weighted by atomic mass is 19.1. The van der Waals surface area contributed by atoms with Gasteiger partial charge in [-0.1, -0.05) is 0 Å². The van der Waals surface area contributed by atoms with Crippen LogP contribution in [0.5, 0.6) is 0 Å². The molecule has 3 heterocycles. The minimum atomic E-state index is -1.50. The Bertz CT molecular complexity index is 940. The van der Waals surface area contributed by atoms with E-state index in [1.807, 2.05) is 0 Å². The quantitative estimate of drug-likeness (QED) is 0.572. The summed E-state index contributed by atoms with van der Waals surface area (Å²) in [5.74, 6) is -4.53. The third-order valence-corrected chi connectivity index (χ3v) is 5.94. The number of primary amides is 1. The first-order valence-corrected chi connectivity index (χ1v) is 9.12. The Morgan fingerprint density at radius 3 is 2.57 bits per heavy atom. The van der Waals surface area contributed by atoms with Gasteiger partial charge in [0.15, 0.2) is 0 Å². The Morgan fingerprint density at radius 2 is 1.96 bits per heavy atom. The van der Waals surface area contributed by atoms with Gasteiger partial charge in [-0.05, 0) is 39.0 Å². The highest BCUT2D eigenvalue weighted by Crippen LogP contribution is 2.50. The lowest BCUT2D eigenvalue weighted by molar-refractivity contribution is -0.732. The fourth-order valence-electron chi connectivity index (χ4n) is 5.02. The molecule has 8 nitrogen and oxygen atoms in total. The van der Waals surface area contributed by atoms with Crippen molar-refractivity contribution in [2.75, 3.05) is 5.32 Å². The molecule has 0 unspecified atom stereocenters. The Morgan fingerprint density at radius 1 is 1.29 bits per heavy atom. The summed E-state index contributed by atoms with van der Waals surface area (Å²) in [6.45, 7) is 5.18. The van der Waals surface area contributed by atoms with Crippen LogP contribution in [-0.2, 0) is 24.7 Å². The molecule has 4 amide bonds. The van der Waals surface area contributed by atoms with Gasteiger partial charge >= 0.3 is 0 Å². The molecule has 148 valence electrons. The van der Waals surface area contributed by atoms with Crippen molar-refractivity contribution >= 4 is 29.3 Å². The number of hydrogen-bond donors (Lipinski definition) is 3. The Kier molecular flexibility index (Phi) is 3.71. The number of anilines is 1. The number of carbonyl (C=O) groups is 4. The number of fused-ring (bicyclic) bond motifs is 4. The van der Waals surface area contributed by atoms with Gasteiger partial charge in [0.05, 0.1) is 12.1 Å². The van der Waals surface area contributed by atoms with Gasteiger partial charge in [0.1, 0.15) is 23.7 Å². The summed E-state index contributed by atoms with van der Waals surface area (Å²) in [4.78, 5) is 52.4. The third kappa shape index (κ3) is 2.25. The van der Waals surface area contributed by atoms with Crippen molar-refractivity contribution in [1.29, 1.82) is 0 Å². The number of likely N-dealkylation sites (tertiary alicyclic amines) is 1. The van der Waals surface area contributed by atoms with Crippen LogP contribution >= 0.6 is 0 Å². The van der Waals surface area contributed by atoms with Crippen molar-refractivity contribution in [1.82, 2.24) is 4.90 Å². The number of nitrogens with two attached hydrogens (primary N) is 2. The number of nitrogens with zero attached hydrogens (tertiary/aromatic N) is 1. The molecule has 3 aliphatic rings. The number of hydrogen-bond acceptors (Lipinski definition) is 4. The second kappa shape index (κ2) is 5.60. The van der Waals surface area contributed by atoms with Gasteiger partial charge < -0.3 is 16.4 Å². The smallest absolute Gasteiger partial charge is 0.291 e. The Hall–Kier alpha value is -2.81. The molecule has 1 aromatic carbocycles. The van der Waals surface area contributed by atoms with E-state index in [2.05, 4.69) is 5.32 Å². The molecule has 9 heteroatoms. The molecule has 2 saturated heterocycles. The highest BCUT2D eigenvalue weighted by Gasteiger charge is 2.75. The molecule has 0 aliphatic carbocycles. The maximum absolute atomic E-state index is 14.0. The van der Waals surface area contributed by atoms with Crippen LogP contribution in [0.25, 0.3) is 0 Å². The van der Waals surface area contributed by atoms with E-state index >= 15 is 0 Å². The molecule has 4 rings (SSSR count). The first kappa shape index (κ1) is 18.5. The van der Waals surface area contributed by atoms with Crippen molar-refractivity contribution in [2.45, 2.75) is 44.3 Å². The van der Waals surface area contributed by atoms with Crippen LogP contribution in [0.2, 0.25) is 0 Å². The number of halogens is 1. The van der Waals surface area contributed by atoms with Crippen LogP contribution < -0.4 is 16.4 Å². The average Bonchev–Trinajstić information content (AvgIpc) is 3.12. The lowest BCUT2D eigenvalue weighted by atomic mass is 9.76. The third-order valence-electron chi connectivity index (χ3n) is 5.94. The molecule has 0 radical (unpaired) electrons. The number of quaternary nitrogens is 1. The van der Waals surface area contributed by atoms with Gasteiger partial charge in [0.25, 0.3) is 5.91 Å². The van der Waals surface area contributed by atoms with Crippen molar-refractivity contribution < 1.29 is 28.9 Å². The Balaban J connectivity index is 1.92. The maximum Gasteiger partial charge on any atom is 0.291 e. The number of carbonyl (C=O) groups excluding carboxylic acids is 4. The molecule has 5 N–H and O–H groups in total. The number of benzene rings is 1. The summed E-state index contributed by atoms with van der Waals surface area (Å²) < 4.78 is 14.0. The predicted octanol–water partition coefficient (Wildman–Crippen LogP) is -0.806. The first-order chi connectivity index (χ1) is 13.0. The normalized spacial score (nSPS) is 31.4. The molecule has 28 heavy (non-hydrogen) atoms. The lowest BCUT2D eigenvalue weighted by Gasteiger charge is -2.33. The van der Waals surface area contributed by atoms with Crippen LogP contribution in [0.4, 0.5) is 10.1 Å². The topological polar surface area (TPSA) is 126 Å². The summed E-state index contributed by atoms with van der Waals surface area (Å²) in [6.07, 6.45) is -0.169. The molecular weight excluding hydrogens is 367 g/mol. The van der Waals surface area contributed by atoms with Gasteiger partial charge in [-0.3, -0.25) is 24.1 Å². The summed E-state index contributed by atoms with van der Waals surface area (Å²) >= 11 is 0. The zero-order chi connectivity index (χ0) is 20.6. The van der Waals surface area contributed by atoms with Crippen LogP contribution in [0, 0.1) is 17.7 Å². The zero-order valence-corrected chi connectivity index (χ0v) is 15.8. The monoisotopic (exact) mass is 389 g/mol. The average molecular weight is 389 g/mol. The maximum atomic E-state index is 14.0. The van der Waals surface area contributed by atoms with E-state index in [0.29, 0.717) is 11.3 Å². The SMILES string of the molecule is CC(C)(C)N1C(=O)[C@@H]2[C@H](CC(N)=O)[NH2+][C@@]3(C(=O)Nc4ccc(F)cc43)[C@@H]2C1=O. The Labute approximate surface area is 160 Å². The lowest BCUT2D eigenvalue weighted by Crippen LogP contribution is -2.99. The second-order valence-corrected chi connectivity index (χ2v) is 8.70. The van der Waals surface area contributed by atoms with E-state index in [-0.39, 0.29) is 6.42 Å². The molecule has 0 bridgehead atoms. The van der Waals surface area contributed by atoms with Crippen LogP contribution in [-0.4, -0.2) is 40.1 Å². The standard InChI is InChI=1S/C19H21FN4O4/c1-18(2,3)24-15(26)13-11(7-12(21)25)23-19(14(13)16(24)27)9-6-8(20)4-5-10(9)22-17(19)28/h4-6,11,13-14,23H,7H2,1-3H3,(H2,21,25)(H,22,28)/p+1/t11-,13+,14-,19+/m0/s1. The van der Waals surface area contributed by atoms with Crippen LogP contribution in [0.3, 0.4) is 0 Å². The van der Waals surface area contributed by atoms with E-state index in [1.54, 1.807) is 26.1 Å². The van der Waals surface area contributed by atoms with E-state index in [9.17, 15) is 23.6 Å². The molecule has 0 aromatic heterocycles. The van der Waals surface area contributed by atoms with Crippen LogP contribution in [0.1, 0.15) is 32.8 Å². The minimum absolute atomic E-state index is 0.169.